The first-order chi connectivity index (χ1) is 13.3. The normalized spacial score (nSPS) is 12.1. The number of alkyl halides is 3. The highest BCUT2D eigenvalue weighted by Crippen LogP contribution is 2.30. The average molecular weight is 390 g/mol. The van der Waals surface area contributed by atoms with Crippen molar-refractivity contribution in [2.24, 2.45) is 4.99 Å². The van der Waals surface area contributed by atoms with Crippen LogP contribution in [0.25, 0.3) is 5.57 Å². The Hall–Kier alpha value is -2.89. The summed E-state index contributed by atoms with van der Waals surface area (Å²) in [5.74, 6) is -0.178. The van der Waals surface area contributed by atoms with Crippen LogP contribution in [0.4, 0.5) is 13.2 Å². The van der Waals surface area contributed by atoms with Crippen molar-refractivity contribution in [3.05, 3.63) is 76.9 Å². The van der Waals surface area contributed by atoms with Crippen molar-refractivity contribution in [1.29, 1.82) is 0 Å². The fourth-order valence-corrected chi connectivity index (χ4v) is 2.42. The number of amides is 1. The molecule has 0 bridgehead atoms. The molecular formula is C22H25F3N2O. The zero-order valence-corrected chi connectivity index (χ0v) is 16.7. The van der Waals surface area contributed by atoms with Gasteiger partial charge in [0.1, 0.15) is 0 Å². The zero-order valence-electron chi connectivity index (χ0n) is 16.7. The summed E-state index contributed by atoms with van der Waals surface area (Å²) in [5, 5.41) is 2.55. The van der Waals surface area contributed by atoms with Gasteiger partial charge in [-0.3, -0.25) is 9.79 Å². The third-order valence-electron chi connectivity index (χ3n) is 3.93. The number of hydrogen-bond donors (Lipinski definition) is 1. The van der Waals surface area contributed by atoms with Crippen LogP contribution in [0.5, 0.6) is 0 Å². The van der Waals surface area contributed by atoms with Gasteiger partial charge in [-0.15, -0.1) is 0 Å². The lowest BCUT2D eigenvalue weighted by Crippen LogP contribution is -2.17. The van der Waals surface area contributed by atoms with E-state index in [1.54, 1.807) is 44.4 Å². The van der Waals surface area contributed by atoms with E-state index in [-0.39, 0.29) is 5.91 Å². The second-order valence-electron chi connectivity index (χ2n) is 5.67. The highest BCUT2D eigenvalue weighted by molar-refractivity contribution is 6.12. The van der Waals surface area contributed by atoms with Crippen molar-refractivity contribution in [2.75, 3.05) is 14.1 Å². The van der Waals surface area contributed by atoms with Crippen LogP contribution in [0.2, 0.25) is 0 Å². The molecule has 0 aromatic heterocycles. The molecule has 0 radical (unpaired) electrons. The van der Waals surface area contributed by atoms with Gasteiger partial charge in [-0.25, -0.2) is 0 Å². The van der Waals surface area contributed by atoms with Crippen LogP contribution in [0.3, 0.4) is 0 Å². The maximum absolute atomic E-state index is 12.7. The Morgan fingerprint density at radius 1 is 0.929 bits per heavy atom. The molecule has 1 N–H and O–H groups in total. The van der Waals surface area contributed by atoms with Crippen molar-refractivity contribution < 1.29 is 18.0 Å². The van der Waals surface area contributed by atoms with Gasteiger partial charge in [0.15, 0.2) is 0 Å². The summed E-state index contributed by atoms with van der Waals surface area (Å²) in [6.45, 7) is 5.81. The number of carbonyl (C=O) groups excluding carboxylic acids is 1. The van der Waals surface area contributed by atoms with Crippen molar-refractivity contribution in [3.8, 4) is 0 Å². The molecular weight excluding hydrogens is 365 g/mol. The lowest BCUT2D eigenvalue weighted by molar-refractivity contribution is -0.137. The Bertz CT molecular complexity index is 834. The number of nitrogens with zero attached hydrogens (tertiary/aromatic N) is 1. The van der Waals surface area contributed by atoms with Gasteiger partial charge in [-0.05, 0) is 54.0 Å². The average Bonchev–Trinajstić information content (AvgIpc) is 2.72. The number of benzene rings is 2. The SMILES string of the molecule is CC.CN=C(/C=C(\C)c1ccc(C(F)(F)F)cc1)c1ccc(C(=O)NC)cc1. The number of hydrogen-bond acceptors (Lipinski definition) is 2. The summed E-state index contributed by atoms with van der Waals surface area (Å²) in [4.78, 5) is 15.8. The number of aliphatic imine (C=N–C) groups is 1. The van der Waals surface area contributed by atoms with Gasteiger partial charge in [0, 0.05) is 19.7 Å². The minimum Gasteiger partial charge on any atom is -0.355 e. The first-order valence-electron chi connectivity index (χ1n) is 8.91. The first kappa shape index (κ1) is 23.1. The molecule has 0 unspecified atom stereocenters. The molecule has 0 aliphatic heterocycles. The molecule has 0 aliphatic rings. The predicted molar refractivity (Wildman–Crippen MR) is 109 cm³/mol. The van der Waals surface area contributed by atoms with Crippen LogP contribution in [-0.4, -0.2) is 25.7 Å². The lowest BCUT2D eigenvalue weighted by atomic mass is 10.0. The van der Waals surface area contributed by atoms with E-state index < -0.39 is 11.7 Å². The molecule has 28 heavy (non-hydrogen) atoms. The Kier molecular flexibility index (Phi) is 8.64. The Morgan fingerprint density at radius 3 is 1.82 bits per heavy atom. The van der Waals surface area contributed by atoms with Gasteiger partial charge in [-0.2, -0.15) is 13.2 Å². The van der Waals surface area contributed by atoms with E-state index >= 15 is 0 Å². The largest absolute Gasteiger partial charge is 0.416 e. The summed E-state index contributed by atoms with van der Waals surface area (Å²) in [6.07, 6.45) is -2.55. The monoisotopic (exact) mass is 390 g/mol. The van der Waals surface area contributed by atoms with Crippen LogP contribution in [0.15, 0.2) is 59.6 Å². The van der Waals surface area contributed by atoms with E-state index in [4.69, 9.17) is 0 Å². The molecule has 2 rings (SSSR count). The van der Waals surface area contributed by atoms with E-state index in [0.29, 0.717) is 16.8 Å². The highest BCUT2D eigenvalue weighted by Gasteiger charge is 2.29. The van der Waals surface area contributed by atoms with E-state index in [1.165, 1.54) is 12.1 Å². The van der Waals surface area contributed by atoms with Crippen LogP contribution in [0, 0.1) is 0 Å². The zero-order chi connectivity index (χ0) is 21.3. The molecule has 0 atom stereocenters. The standard InChI is InChI=1S/C20H19F3N2O.C2H6/c1-13(14-8-10-17(11-9-14)20(21,22)23)12-18(24-2)15-4-6-16(7-5-15)19(26)25-3;1-2/h4-12H,1-3H3,(H,25,26);1-2H3/b13-12+,24-18?;. The summed E-state index contributed by atoms with van der Waals surface area (Å²) in [6, 6.07) is 12.0. The quantitative estimate of drug-likeness (QED) is 0.677. The topological polar surface area (TPSA) is 41.5 Å². The molecule has 2 aromatic rings. The van der Waals surface area contributed by atoms with Crippen LogP contribution < -0.4 is 5.32 Å². The summed E-state index contributed by atoms with van der Waals surface area (Å²) in [5.41, 5.74) is 2.81. The van der Waals surface area contributed by atoms with Gasteiger partial charge in [0.25, 0.3) is 5.91 Å². The molecule has 0 spiro atoms. The lowest BCUT2D eigenvalue weighted by Gasteiger charge is -2.09. The van der Waals surface area contributed by atoms with Crippen LogP contribution in [0.1, 0.15) is 47.8 Å². The van der Waals surface area contributed by atoms with Gasteiger partial charge >= 0.3 is 6.18 Å². The van der Waals surface area contributed by atoms with Crippen LogP contribution >= 0.6 is 0 Å². The summed E-state index contributed by atoms with van der Waals surface area (Å²) >= 11 is 0. The number of carbonyl (C=O) groups is 1. The molecule has 0 saturated heterocycles. The number of allylic oxidation sites excluding steroid dienone is 2. The fourth-order valence-electron chi connectivity index (χ4n) is 2.42. The number of rotatable bonds is 4. The molecule has 0 heterocycles. The van der Waals surface area contributed by atoms with E-state index in [9.17, 15) is 18.0 Å². The minimum atomic E-state index is -4.35. The van der Waals surface area contributed by atoms with Gasteiger partial charge < -0.3 is 5.32 Å². The Morgan fingerprint density at radius 2 is 1.39 bits per heavy atom. The second kappa shape index (κ2) is 10.4. The maximum atomic E-state index is 12.7. The van der Waals surface area contributed by atoms with Crippen molar-refractivity contribution in [3.63, 3.8) is 0 Å². The molecule has 2 aromatic carbocycles. The molecule has 0 saturated carbocycles. The van der Waals surface area contributed by atoms with E-state index in [1.807, 2.05) is 20.8 Å². The predicted octanol–water partition coefficient (Wildman–Crippen LogP) is 5.61. The third kappa shape index (κ3) is 6.08. The van der Waals surface area contributed by atoms with Crippen LogP contribution in [-0.2, 0) is 6.18 Å². The maximum Gasteiger partial charge on any atom is 0.416 e. The number of nitrogens with one attached hydrogen (secondary N) is 1. The van der Waals surface area contributed by atoms with Gasteiger partial charge in [0.2, 0.25) is 0 Å². The minimum absolute atomic E-state index is 0.178. The van der Waals surface area contributed by atoms with E-state index in [2.05, 4.69) is 10.3 Å². The van der Waals surface area contributed by atoms with Crippen molar-refractivity contribution in [2.45, 2.75) is 26.9 Å². The molecule has 0 aliphatic carbocycles. The summed E-state index contributed by atoms with van der Waals surface area (Å²) < 4.78 is 38.0. The Balaban J connectivity index is 0.00000190. The summed E-state index contributed by atoms with van der Waals surface area (Å²) in [7, 11) is 3.20. The Labute approximate surface area is 164 Å². The van der Waals surface area contributed by atoms with Crippen molar-refractivity contribution in [1.82, 2.24) is 5.32 Å². The molecule has 1 amide bonds. The van der Waals surface area contributed by atoms with Crippen molar-refractivity contribution >= 4 is 17.2 Å². The van der Waals surface area contributed by atoms with Gasteiger partial charge in [-0.1, -0.05) is 38.1 Å². The first-order valence-corrected chi connectivity index (χ1v) is 8.91. The second-order valence-corrected chi connectivity index (χ2v) is 5.67. The number of halogens is 3. The molecule has 3 nitrogen and oxygen atoms in total. The van der Waals surface area contributed by atoms with E-state index in [0.717, 1.165) is 23.3 Å². The highest BCUT2D eigenvalue weighted by atomic mass is 19.4. The molecule has 150 valence electrons. The molecule has 0 fully saturated rings. The van der Waals surface area contributed by atoms with Gasteiger partial charge in [0.05, 0.1) is 11.3 Å². The fraction of sp³-hybridized carbons (Fsp3) is 0.273. The smallest absolute Gasteiger partial charge is 0.355 e. The third-order valence-corrected chi connectivity index (χ3v) is 3.93. The molecule has 6 heteroatoms.